The minimum Gasteiger partial charge on any atom is -0.378 e. The molecule has 2 amide bonds. The molecule has 25 heavy (non-hydrogen) atoms. The lowest BCUT2D eigenvalue weighted by molar-refractivity contribution is -0.143. The van der Waals surface area contributed by atoms with Crippen LogP contribution < -0.4 is 10.6 Å². The zero-order valence-electron chi connectivity index (χ0n) is 15.1. The van der Waals surface area contributed by atoms with Gasteiger partial charge in [-0.25, -0.2) is 0 Å². The van der Waals surface area contributed by atoms with Crippen molar-refractivity contribution in [1.82, 2.24) is 5.32 Å². The fourth-order valence-corrected chi connectivity index (χ4v) is 4.43. The lowest BCUT2D eigenvalue weighted by Gasteiger charge is -2.54. The number of carbonyl (C=O) groups is 2. The standard InChI is InChI=1S/C20H28N2O3/c1-3-25-18-13-17(20(18)10-4-5-11-20)22-19(24)12-15-6-8-16(9-7-15)21-14(2)23/h6-9,17-18H,3-5,10-13H2,1-2H3,(H,21,23)(H,22,24)/t17-,18-/m0/s1. The summed E-state index contributed by atoms with van der Waals surface area (Å²) in [5, 5.41) is 5.98. The number of anilines is 1. The van der Waals surface area contributed by atoms with Crippen molar-refractivity contribution in [2.24, 2.45) is 5.41 Å². The van der Waals surface area contributed by atoms with Crippen LogP contribution in [0.3, 0.4) is 0 Å². The van der Waals surface area contributed by atoms with Crippen molar-refractivity contribution in [3.8, 4) is 0 Å². The summed E-state index contributed by atoms with van der Waals surface area (Å²) in [7, 11) is 0. The molecule has 5 nitrogen and oxygen atoms in total. The Morgan fingerprint density at radius 2 is 1.88 bits per heavy atom. The van der Waals surface area contributed by atoms with E-state index in [2.05, 4.69) is 10.6 Å². The molecule has 1 spiro atoms. The minimum atomic E-state index is -0.0961. The molecule has 2 aliphatic rings. The summed E-state index contributed by atoms with van der Waals surface area (Å²) in [6, 6.07) is 7.69. The van der Waals surface area contributed by atoms with Gasteiger partial charge in [0.2, 0.25) is 11.8 Å². The van der Waals surface area contributed by atoms with Gasteiger partial charge in [0.15, 0.2) is 0 Å². The van der Waals surface area contributed by atoms with Crippen LogP contribution in [0.1, 0.15) is 51.5 Å². The van der Waals surface area contributed by atoms with Crippen molar-refractivity contribution < 1.29 is 14.3 Å². The largest absolute Gasteiger partial charge is 0.378 e. The Morgan fingerprint density at radius 3 is 2.48 bits per heavy atom. The Hall–Kier alpha value is -1.88. The summed E-state index contributed by atoms with van der Waals surface area (Å²) >= 11 is 0. The van der Waals surface area contributed by atoms with E-state index in [0.29, 0.717) is 12.5 Å². The molecular weight excluding hydrogens is 316 g/mol. The molecule has 3 rings (SSSR count). The van der Waals surface area contributed by atoms with Crippen LogP contribution in [0.4, 0.5) is 5.69 Å². The lowest BCUT2D eigenvalue weighted by Crippen LogP contribution is -2.63. The van der Waals surface area contributed by atoms with E-state index in [4.69, 9.17) is 4.74 Å². The Bertz CT molecular complexity index is 620. The summed E-state index contributed by atoms with van der Waals surface area (Å²) in [5.41, 5.74) is 1.87. The number of hydrogen-bond donors (Lipinski definition) is 2. The van der Waals surface area contributed by atoms with E-state index in [1.165, 1.54) is 19.8 Å². The molecule has 2 fully saturated rings. The SMILES string of the molecule is CCO[C@H]1C[C@H](NC(=O)Cc2ccc(NC(C)=O)cc2)C12CCCC2. The Morgan fingerprint density at radius 1 is 1.20 bits per heavy atom. The number of ether oxygens (including phenoxy) is 1. The molecule has 2 saturated carbocycles. The maximum absolute atomic E-state index is 12.5. The van der Waals surface area contributed by atoms with Crippen LogP contribution in [0, 0.1) is 5.41 Å². The highest BCUT2D eigenvalue weighted by Gasteiger charge is 2.57. The number of rotatable bonds is 6. The van der Waals surface area contributed by atoms with Gasteiger partial charge in [-0.15, -0.1) is 0 Å². The van der Waals surface area contributed by atoms with Gasteiger partial charge in [0, 0.05) is 30.7 Å². The average Bonchev–Trinajstić information content (AvgIpc) is 3.08. The number of nitrogens with one attached hydrogen (secondary N) is 2. The van der Waals surface area contributed by atoms with Gasteiger partial charge in [-0.3, -0.25) is 9.59 Å². The molecule has 1 aromatic rings. The van der Waals surface area contributed by atoms with Crippen LogP contribution in [0.5, 0.6) is 0 Å². The molecule has 136 valence electrons. The second kappa shape index (κ2) is 7.56. The van der Waals surface area contributed by atoms with Crippen LogP contribution in [-0.2, 0) is 20.7 Å². The number of amides is 2. The summed E-state index contributed by atoms with van der Waals surface area (Å²) < 4.78 is 5.90. The van der Waals surface area contributed by atoms with Crippen molar-refractivity contribution in [1.29, 1.82) is 0 Å². The third kappa shape index (κ3) is 3.87. The number of carbonyl (C=O) groups excluding carboxylic acids is 2. The predicted molar refractivity (Wildman–Crippen MR) is 97.3 cm³/mol. The van der Waals surface area contributed by atoms with E-state index in [0.717, 1.165) is 37.1 Å². The predicted octanol–water partition coefficient (Wildman–Crippen LogP) is 3.04. The van der Waals surface area contributed by atoms with Crippen molar-refractivity contribution in [2.75, 3.05) is 11.9 Å². The lowest BCUT2D eigenvalue weighted by atomic mass is 9.60. The van der Waals surface area contributed by atoms with Crippen molar-refractivity contribution in [2.45, 2.75) is 64.5 Å². The molecule has 2 N–H and O–H groups in total. The summed E-state index contributed by atoms with van der Waals surface area (Å²) in [6.45, 7) is 4.27. The first-order valence-electron chi connectivity index (χ1n) is 9.31. The van der Waals surface area contributed by atoms with E-state index in [1.54, 1.807) is 0 Å². The normalized spacial score (nSPS) is 23.9. The highest BCUT2D eigenvalue weighted by molar-refractivity contribution is 5.88. The van der Waals surface area contributed by atoms with Crippen molar-refractivity contribution in [3.05, 3.63) is 29.8 Å². The van der Waals surface area contributed by atoms with Crippen LogP contribution in [0.25, 0.3) is 0 Å². The Labute approximate surface area is 149 Å². The van der Waals surface area contributed by atoms with E-state index >= 15 is 0 Å². The van der Waals surface area contributed by atoms with Crippen LogP contribution in [0.15, 0.2) is 24.3 Å². The third-order valence-electron chi connectivity index (χ3n) is 5.66. The molecular formula is C20H28N2O3. The first-order chi connectivity index (χ1) is 12.0. The molecule has 0 aromatic heterocycles. The monoisotopic (exact) mass is 344 g/mol. The molecule has 0 unspecified atom stereocenters. The van der Waals surface area contributed by atoms with E-state index in [9.17, 15) is 9.59 Å². The fourth-order valence-electron chi connectivity index (χ4n) is 4.43. The first-order valence-corrected chi connectivity index (χ1v) is 9.31. The van der Waals surface area contributed by atoms with E-state index in [-0.39, 0.29) is 23.3 Å². The Balaban J connectivity index is 1.55. The van der Waals surface area contributed by atoms with Crippen molar-refractivity contribution >= 4 is 17.5 Å². The van der Waals surface area contributed by atoms with Gasteiger partial charge in [-0.05, 0) is 43.9 Å². The quantitative estimate of drug-likeness (QED) is 0.833. The molecule has 0 aliphatic heterocycles. The van der Waals surface area contributed by atoms with Gasteiger partial charge in [0.1, 0.15) is 0 Å². The zero-order chi connectivity index (χ0) is 17.9. The summed E-state index contributed by atoms with van der Waals surface area (Å²) in [5.74, 6) is -0.0281. The second-order valence-electron chi connectivity index (χ2n) is 7.29. The Kier molecular flexibility index (Phi) is 5.42. The molecule has 0 saturated heterocycles. The summed E-state index contributed by atoms with van der Waals surface area (Å²) in [4.78, 5) is 23.5. The smallest absolute Gasteiger partial charge is 0.224 e. The van der Waals surface area contributed by atoms with E-state index in [1.807, 2.05) is 31.2 Å². The maximum Gasteiger partial charge on any atom is 0.224 e. The van der Waals surface area contributed by atoms with E-state index < -0.39 is 0 Å². The average molecular weight is 344 g/mol. The van der Waals surface area contributed by atoms with Gasteiger partial charge >= 0.3 is 0 Å². The molecule has 1 aromatic carbocycles. The first kappa shape index (κ1) is 17.9. The fraction of sp³-hybridized carbons (Fsp3) is 0.600. The van der Waals surface area contributed by atoms with Crippen LogP contribution in [0.2, 0.25) is 0 Å². The highest BCUT2D eigenvalue weighted by Crippen LogP contribution is 2.54. The minimum absolute atomic E-state index is 0.0681. The third-order valence-corrected chi connectivity index (χ3v) is 5.66. The van der Waals surface area contributed by atoms with Crippen LogP contribution >= 0.6 is 0 Å². The van der Waals surface area contributed by atoms with Gasteiger partial charge < -0.3 is 15.4 Å². The van der Waals surface area contributed by atoms with Crippen LogP contribution in [-0.4, -0.2) is 30.6 Å². The van der Waals surface area contributed by atoms with Crippen molar-refractivity contribution in [3.63, 3.8) is 0 Å². The van der Waals surface area contributed by atoms with Gasteiger partial charge in [-0.2, -0.15) is 0 Å². The molecule has 0 heterocycles. The molecule has 2 atom stereocenters. The maximum atomic E-state index is 12.5. The zero-order valence-corrected chi connectivity index (χ0v) is 15.1. The number of benzene rings is 1. The second-order valence-corrected chi connectivity index (χ2v) is 7.29. The topological polar surface area (TPSA) is 67.4 Å². The van der Waals surface area contributed by atoms with Gasteiger partial charge in [-0.1, -0.05) is 25.0 Å². The molecule has 2 aliphatic carbocycles. The van der Waals surface area contributed by atoms with Gasteiger partial charge in [0.05, 0.1) is 12.5 Å². The molecule has 0 radical (unpaired) electrons. The highest BCUT2D eigenvalue weighted by atomic mass is 16.5. The molecule has 0 bridgehead atoms. The number of hydrogen-bond acceptors (Lipinski definition) is 3. The summed E-state index contributed by atoms with van der Waals surface area (Å²) in [6.07, 6.45) is 6.40. The van der Waals surface area contributed by atoms with Gasteiger partial charge in [0.25, 0.3) is 0 Å². The molecule has 5 heteroatoms.